The molecule has 0 atom stereocenters. The quantitative estimate of drug-likeness (QED) is 0.711. The van der Waals surface area contributed by atoms with E-state index in [-0.39, 0.29) is 17.7 Å². The van der Waals surface area contributed by atoms with Gasteiger partial charge < -0.3 is 4.74 Å². The minimum absolute atomic E-state index is 0.0752. The SMILES string of the molecule is CCOC(=O)c1ccc(Cl)c(C)c1F. The maximum absolute atomic E-state index is 13.5. The first-order valence-electron chi connectivity index (χ1n) is 4.19. The molecule has 0 saturated heterocycles. The molecule has 1 aromatic rings. The highest BCUT2D eigenvalue weighted by atomic mass is 35.5. The molecular weight excluding hydrogens is 207 g/mol. The van der Waals surface area contributed by atoms with Crippen molar-refractivity contribution < 1.29 is 13.9 Å². The van der Waals surface area contributed by atoms with Gasteiger partial charge in [0.05, 0.1) is 12.2 Å². The van der Waals surface area contributed by atoms with Gasteiger partial charge in [-0.25, -0.2) is 9.18 Å². The predicted octanol–water partition coefficient (Wildman–Crippen LogP) is 2.96. The first-order valence-corrected chi connectivity index (χ1v) is 4.57. The van der Waals surface area contributed by atoms with Gasteiger partial charge in [0, 0.05) is 10.6 Å². The molecule has 76 valence electrons. The summed E-state index contributed by atoms with van der Waals surface area (Å²) in [6.07, 6.45) is 0. The third-order valence-corrected chi connectivity index (χ3v) is 2.23. The molecule has 0 spiro atoms. The van der Waals surface area contributed by atoms with Crippen molar-refractivity contribution in [1.29, 1.82) is 0 Å². The summed E-state index contributed by atoms with van der Waals surface area (Å²) in [6.45, 7) is 3.40. The molecule has 0 aliphatic heterocycles. The topological polar surface area (TPSA) is 26.3 Å². The van der Waals surface area contributed by atoms with Crippen molar-refractivity contribution in [2.24, 2.45) is 0 Å². The van der Waals surface area contributed by atoms with Crippen LogP contribution < -0.4 is 0 Å². The van der Waals surface area contributed by atoms with Gasteiger partial charge in [0.25, 0.3) is 0 Å². The summed E-state index contributed by atoms with van der Waals surface area (Å²) >= 11 is 5.68. The Balaban J connectivity index is 3.11. The highest BCUT2D eigenvalue weighted by Gasteiger charge is 2.15. The molecule has 0 bridgehead atoms. The Morgan fingerprint density at radius 3 is 2.79 bits per heavy atom. The lowest BCUT2D eigenvalue weighted by molar-refractivity contribution is 0.0521. The van der Waals surface area contributed by atoms with Gasteiger partial charge in [-0.1, -0.05) is 11.6 Å². The molecule has 0 radical (unpaired) electrons. The lowest BCUT2D eigenvalue weighted by atomic mass is 10.1. The largest absolute Gasteiger partial charge is 0.462 e. The first-order chi connectivity index (χ1) is 6.57. The van der Waals surface area contributed by atoms with E-state index in [1.807, 2.05) is 0 Å². The van der Waals surface area contributed by atoms with Crippen molar-refractivity contribution in [3.63, 3.8) is 0 Å². The summed E-state index contributed by atoms with van der Waals surface area (Å²) < 4.78 is 18.1. The standard InChI is InChI=1S/C10H10ClFO2/c1-3-14-10(13)7-4-5-8(11)6(2)9(7)12/h4-5H,3H2,1-2H3. The van der Waals surface area contributed by atoms with Gasteiger partial charge >= 0.3 is 5.97 Å². The van der Waals surface area contributed by atoms with Gasteiger partial charge in [-0.3, -0.25) is 0 Å². The van der Waals surface area contributed by atoms with Crippen molar-refractivity contribution in [3.05, 3.63) is 34.1 Å². The zero-order chi connectivity index (χ0) is 10.7. The fourth-order valence-electron chi connectivity index (χ4n) is 1.03. The monoisotopic (exact) mass is 216 g/mol. The predicted molar refractivity (Wildman–Crippen MR) is 52.1 cm³/mol. The van der Waals surface area contributed by atoms with Gasteiger partial charge in [0.2, 0.25) is 0 Å². The van der Waals surface area contributed by atoms with Crippen LogP contribution in [0.5, 0.6) is 0 Å². The van der Waals surface area contributed by atoms with Gasteiger partial charge in [0.1, 0.15) is 5.82 Å². The zero-order valence-electron chi connectivity index (χ0n) is 7.93. The molecule has 0 N–H and O–H groups in total. The molecule has 0 aliphatic rings. The van der Waals surface area contributed by atoms with Crippen molar-refractivity contribution in [2.75, 3.05) is 6.61 Å². The average Bonchev–Trinajstić information content (AvgIpc) is 2.15. The lowest BCUT2D eigenvalue weighted by Gasteiger charge is -2.05. The van der Waals surface area contributed by atoms with Crippen LogP contribution in [0.4, 0.5) is 4.39 Å². The number of ether oxygens (including phenoxy) is 1. The van der Waals surface area contributed by atoms with Crippen LogP contribution in [0.2, 0.25) is 5.02 Å². The van der Waals surface area contributed by atoms with E-state index in [2.05, 4.69) is 4.74 Å². The van der Waals surface area contributed by atoms with Crippen molar-refractivity contribution in [1.82, 2.24) is 0 Å². The first kappa shape index (κ1) is 11.0. The van der Waals surface area contributed by atoms with Gasteiger partial charge in [-0.15, -0.1) is 0 Å². The average molecular weight is 217 g/mol. The van der Waals surface area contributed by atoms with E-state index in [9.17, 15) is 9.18 Å². The Hall–Kier alpha value is -1.09. The van der Waals surface area contributed by atoms with Crippen LogP contribution in [0.1, 0.15) is 22.8 Å². The summed E-state index contributed by atoms with van der Waals surface area (Å²) in [6, 6.07) is 2.80. The summed E-state index contributed by atoms with van der Waals surface area (Å²) in [4.78, 5) is 11.2. The Labute approximate surface area is 86.6 Å². The molecule has 2 nitrogen and oxygen atoms in total. The van der Waals surface area contributed by atoms with Gasteiger partial charge in [-0.05, 0) is 26.0 Å². The lowest BCUT2D eigenvalue weighted by Crippen LogP contribution is -2.08. The third kappa shape index (κ3) is 2.04. The van der Waals surface area contributed by atoms with Gasteiger partial charge in [-0.2, -0.15) is 0 Å². The van der Waals surface area contributed by atoms with E-state index in [1.54, 1.807) is 6.92 Å². The van der Waals surface area contributed by atoms with E-state index in [0.717, 1.165) is 0 Å². The number of halogens is 2. The van der Waals surface area contributed by atoms with Crippen LogP contribution in [-0.2, 0) is 4.74 Å². The Bertz CT molecular complexity index is 363. The van der Waals surface area contributed by atoms with Crippen molar-refractivity contribution in [3.8, 4) is 0 Å². The smallest absolute Gasteiger partial charge is 0.341 e. The van der Waals surface area contributed by atoms with E-state index in [1.165, 1.54) is 19.1 Å². The minimum Gasteiger partial charge on any atom is -0.462 e. The molecule has 4 heteroatoms. The molecule has 1 aromatic carbocycles. The number of rotatable bonds is 2. The number of hydrogen-bond acceptors (Lipinski definition) is 2. The molecule has 0 fully saturated rings. The maximum Gasteiger partial charge on any atom is 0.341 e. The molecule has 14 heavy (non-hydrogen) atoms. The fraction of sp³-hybridized carbons (Fsp3) is 0.300. The highest BCUT2D eigenvalue weighted by molar-refractivity contribution is 6.31. The van der Waals surface area contributed by atoms with Crippen molar-refractivity contribution >= 4 is 17.6 Å². The molecule has 0 heterocycles. The molecule has 1 rings (SSSR count). The molecule has 0 amide bonds. The van der Waals surface area contributed by atoms with E-state index in [0.29, 0.717) is 5.02 Å². The number of carbonyl (C=O) groups is 1. The van der Waals surface area contributed by atoms with Crippen LogP contribution in [0, 0.1) is 12.7 Å². The molecule has 0 aliphatic carbocycles. The fourth-order valence-corrected chi connectivity index (χ4v) is 1.17. The van der Waals surface area contributed by atoms with Gasteiger partial charge in [0.15, 0.2) is 0 Å². The van der Waals surface area contributed by atoms with Crippen LogP contribution in [0.25, 0.3) is 0 Å². The normalized spacial score (nSPS) is 10.0. The van der Waals surface area contributed by atoms with E-state index >= 15 is 0 Å². The van der Waals surface area contributed by atoms with Crippen LogP contribution in [0.3, 0.4) is 0 Å². The second kappa shape index (κ2) is 4.42. The Morgan fingerprint density at radius 2 is 2.21 bits per heavy atom. The van der Waals surface area contributed by atoms with Crippen LogP contribution in [0.15, 0.2) is 12.1 Å². The highest BCUT2D eigenvalue weighted by Crippen LogP contribution is 2.21. The molecule has 0 unspecified atom stereocenters. The number of benzene rings is 1. The number of carbonyl (C=O) groups excluding carboxylic acids is 1. The zero-order valence-corrected chi connectivity index (χ0v) is 8.69. The maximum atomic E-state index is 13.5. The van der Waals surface area contributed by atoms with Crippen LogP contribution in [-0.4, -0.2) is 12.6 Å². The Morgan fingerprint density at radius 1 is 1.57 bits per heavy atom. The molecular formula is C10H10ClFO2. The van der Waals surface area contributed by atoms with Crippen molar-refractivity contribution in [2.45, 2.75) is 13.8 Å². The second-order valence-electron chi connectivity index (χ2n) is 2.75. The summed E-state index contributed by atoms with van der Waals surface area (Å²) in [5.74, 6) is -1.28. The summed E-state index contributed by atoms with van der Waals surface area (Å²) in [7, 11) is 0. The van der Waals surface area contributed by atoms with E-state index < -0.39 is 11.8 Å². The Kier molecular flexibility index (Phi) is 3.47. The molecule has 0 saturated carbocycles. The number of esters is 1. The second-order valence-corrected chi connectivity index (χ2v) is 3.16. The van der Waals surface area contributed by atoms with E-state index in [4.69, 9.17) is 11.6 Å². The molecule has 0 aromatic heterocycles. The minimum atomic E-state index is -0.662. The summed E-state index contributed by atoms with van der Waals surface area (Å²) in [5.41, 5.74) is 0.186. The number of hydrogen-bond donors (Lipinski definition) is 0. The summed E-state index contributed by atoms with van der Waals surface area (Å²) in [5, 5.41) is 0.301. The third-order valence-electron chi connectivity index (χ3n) is 1.82. The van der Waals surface area contributed by atoms with Crippen LogP contribution >= 0.6 is 11.6 Å².